The number of carbonyl (C=O) groups excluding carboxylic acids is 2. The maximum absolute atomic E-state index is 14.1. The summed E-state index contributed by atoms with van der Waals surface area (Å²) in [4.78, 5) is 27.8. The Morgan fingerprint density at radius 1 is 1.18 bits per heavy atom. The first-order chi connectivity index (χ1) is 21.0. The summed E-state index contributed by atoms with van der Waals surface area (Å²) in [7, 11) is 0. The summed E-state index contributed by atoms with van der Waals surface area (Å²) in [5.74, 6) is -1.25. The highest BCUT2D eigenvalue weighted by atomic mass is 35.5. The molecule has 1 saturated heterocycles. The largest absolute Gasteiger partial charge is 0.444 e. The summed E-state index contributed by atoms with van der Waals surface area (Å²) in [6.45, 7) is -0.211. The molecular weight excluding hydrogens is 610 g/mol. The molecule has 0 saturated carbocycles. The monoisotopic (exact) mass is 635 g/mol. The molecule has 15 heteroatoms. The molecule has 44 heavy (non-hydrogen) atoms. The van der Waals surface area contributed by atoms with Gasteiger partial charge in [0, 0.05) is 30.3 Å². The van der Waals surface area contributed by atoms with Gasteiger partial charge in [-0.3, -0.25) is 9.89 Å². The molecule has 0 aliphatic carbocycles. The van der Waals surface area contributed by atoms with Crippen molar-refractivity contribution in [2.24, 2.45) is 0 Å². The number of aromatic nitrogens is 3. The number of nitrogens with zero attached hydrogens (tertiary/aromatic N) is 1. The standard InChI is InChI=1S/C29H26ClF4N5O5/c30-22-8-16(3-4-23(22)31)25(13-40)38-27(41)24-9-18(11-35-24)26-20(12-37-39-26)15-1-2-17(21(7-15)29(32,33)34)10-36-28(42)44-19-5-6-43-14-19/h1-4,7-9,11-12,19,25,35,40H,5-6,10,13-14H2,(H,36,42)(H,37,39)(H,38,41)/t19-,25+/m0/s1. The minimum Gasteiger partial charge on any atom is -0.444 e. The lowest BCUT2D eigenvalue weighted by Gasteiger charge is -2.16. The van der Waals surface area contributed by atoms with E-state index in [0.29, 0.717) is 35.4 Å². The van der Waals surface area contributed by atoms with Crippen LogP contribution >= 0.6 is 11.6 Å². The number of alkyl carbamates (subject to hydrolysis) is 1. The molecule has 1 aliphatic heterocycles. The van der Waals surface area contributed by atoms with Crippen molar-refractivity contribution < 1.29 is 41.7 Å². The molecule has 5 rings (SSSR count). The van der Waals surface area contributed by atoms with Gasteiger partial charge in [0.2, 0.25) is 0 Å². The second-order valence-corrected chi connectivity index (χ2v) is 10.4. The number of hydrogen-bond donors (Lipinski definition) is 5. The fourth-order valence-corrected chi connectivity index (χ4v) is 4.91. The highest BCUT2D eigenvalue weighted by Gasteiger charge is 2.34. The van der Waals surface area contributed by atoms with E-state index in [9.17, 15) is 32.3 Å². The number of hydrogen-bond acceptors (Lipinski definition) is 6. The van der Waals surface area contributed by atoms with E-state index >= 15 is 0 Å². The normalized spacial score (nSPS) is 15.6. The third-order valence-electron chi connectivity index (χ3n) is 7.00. The Balaban J connectivity index is 1.33. The second-order valence-electron chi connectivity index (χ2n) is 9.96. The molecule has 0 unspecified atom stereocenters. The topological polar surface area (TPSA) is 141 Å². The molecule has 232 valence electrons. The maximum Gasteiger partial charge on any atom is 0.416 e. The van der Waals surface area contributed by atoms with Crippen molar-refractivity contribution in [3.05, 3.63) is 88.1 Å². The van der Waals surface area contributed by atoms with Gasteiger partial charge in [-0.15, -0.1) is 0 Å². The zero-order valence-corrected chi connectivity index (χ0v) is 23.6. The van der Waals surface area contributed by atoms with Crippen LogP contribution in [0.2, 0.25) is 5.02 Å². The molecule has 0 spiro atoms. The molecule has 10 nitrogen and oxygen atoms in total. The van der Waals surface area contributed by atoms with Crippen molar-refractivity contribution in [3.63, 3.8) is 0 Å². The molecule has 2 aromatic heterocycles. The number of carbonyl (C=O) groups is 2. The number of rotatable bonds is 9. The van der Waals surface area contributed by atoms with Crippen molar-refractivity contribution in [2.75, 3.05) is 19.8 Å². The lowest BCUT2D eigenvalue weighted by atomic mass is 9.97. The summed E-state index contributed by atoms with van der Waals surface area (Å²) in [5, 5.41) is 21.3. The number of aromatic amines is 2. The number of nitrogens with one attached hydrogen (secondary N) is 4. The number of alkyl halides is 3. The molecule has 2 amide bonds. The molecule has 0 bridgehead atoms. The average molecular weight is 636 g/mol. The maximum atomic E-state index is 14.1. The molecule has 1 fully saturated rings. The Kier molecular flexibility index (Phi) is 9.22. The van der Waals surface area contributed by atoms with Crippen LogP contribution < -0.4 is 10.6 Å². The number of ether oxygens (including phenoxy) is 2. The summed E-state index contributed by atoms with van der Waals surface area (Å²) in [5.41, 5.74) is 0.641. The molecule has 4 aromatic rings. The minimum atomic E-state index is -4.72. The fourth-order valence-electron chi connectivity index (χ4n) is 4.72. The first-order valence-electron chi connectivity index (χ1n) is 13.3. The second kappa shape index (κ2) is 13.1. The lowest BCUT2D eigenvalue weighted by Crippen LogP contribution is -2.31. The Labute approximate surface area is 252 Å². The third-order valence-corrected chi connectivity index (χ3v) is 7.29. The van der Waals surface area contributed by atoms with Crippen LogP contribution in [-0.4, -0.2) is 58.2 Å². The number of halogens is 5. The summed E-state index contributed by atoms with van der Waals surface area (Å²) < 4.78 is 66.0. The van der Waals surface area contributed by atoms with Crippen LogP contribution in [0.25, 0.3) is 22.4 Å². The Hall–Kier alpha value is -4.40. The van der Waals surface area contributed by atoms with Gasteiger partial charge in [-0.2, -0.15) is 18.3 Å². The Morgan fingerprint density at radius 3 is 2.70 bits per heavy atom. The first-order valence-corrected chi connectivity index (χ1v) is 13.7. The summed E-state index contributed by atoms with van der Waals surface area (Å²) >= 11 is 5.82. The zero-order valence-electron chi connectivity index (χ0n) is 22.8. The highest BCUT2D eigenvalue weighted by molar-refractivity contribution is 6.30. The average Bonchev–Trinajstić information content (AvgIpc) is 3.78. The van der Waals surface area contributed by atoms with Crippen LogP contribution in [0.1, 0.15) is 39.6 Å². The summed E-state index contributed by atoms with van der Waals surface area (Å²) in [6.07, 6.45) is -2.66. The van der Waals surface area contributed by atoms with Crippen LogP contribution in [0.5, 0.6) is 0 Å². The van der Waals surface area contributed by atoms with Gasteiger partial charge >= 0.3 is 12.3 Å². The molecule has 2 atom stereocenters. The molecule has 2 aromatic carbocycles. The van der Waals surface area contributed by atoms with E-state index in [-0.39, 0.29) is 28.5 Å². The number of benzene rings is 2. The lowest BCUT2D eigenvalue weighted by molar-refractivity contribution is -0.138. The van der Waals surface area contributed by atoms with Gasteiger partial charge in [0.05, 0.1) is 48.3 Å². The zero-order chi connectivity index (χ0) is 31.4. The fraction of sp³-hybridized carbons (Fsp3) is 0.276. The van der Waals surface area contributed by atoms with Crippen molar-refractivity contribution >= 4 is 23.6 Å². The van der Waals surface area contributed by atoms with E-state index in [1.165, 1.54) is 42.7 Å². The smallest absolute Gasteiger partial charge is 0.416 e. The van der Waals surface area contributed by atoms with E-state index in [0.717, 1.165) is 12.1 Å². The molecule has 3 heterocycles. The molecule has 0 radical (unpaired) electrons. The SMILES string of the molecule is O=C(NCc1ccc(-c2cn[nH]c2-c2c[nH]c(C(=O)N[C@H](CO)c3ccc(F)c(Cl)c3)c2)cc1C(F)(F)F)O[C@H]1CCOC1. The van der Waals surface area contributed by atoms with Crippen LogP contribution in [0.3, 0.4) is 0 Å². The van der Waals surface area contributed by atoms with E-state index in [2.05, 4.69) is 25.8 Å². The van der Waals surface area contributed by atoms with E-state index in [4.69, 9.17) is 21.1 Å². The Bertz CT molecular complexity index is 1650. The molecule has 1 aliphatic rings. The van der Waals surface area contributed by atoms with Crippen LogP contribution in [0.4, 0.5) is 22.4 Å². The number of aliphatic hydroxyl groups is 1. The van der Waals surface area contributed by atoms with Gasteiger partial charge < -0.3 is 30.2 Å². The molecular formula is C29H26ClF4N5O5. The number of H-pyrrole nitrogens is 2. The number of amides is 2. The van der Waals surface area contributed by atoms with Gasteiger partial charge in [-0.25, -0.2) is 9.18 Å². The summed E-state index contributed by atoms with van der Waals surface area (Å²) in [6, 6.07) is 8.06. The highest BCUT2D eigenvalue weighted by Crippen LogP contribution is 2.37. The van der Waals surface area contributed by atoms with Crippen molar-refractivity contribution in [1.29, 1.82) is 0 Å². The van der Waals surface area contributed by atoms with Gasteiger partial charge in [0.25, 0.3) is 5.91 Å². The van der Waals surface area contributed by atoms with Crippen LogP contribution in [0, 0.1) is 5.82 Å². The van der Waals surface area contributed by atoms with Gasteiger partial charge in [-0.05, 0) is 41.0 Å². The van der Waals surface area contributed by atoms with Crippen molar-refractivity contribution in [1.82, 2.24) is 25.8 Å². The predicted molar refractivity (Wildman–Crippen MR) is 150 cm³/mol. The predicted octanol–water partition coefficient (Wildman–Crippen LogP) is 5.36. The molecule has 5 N–H and O–H groups in total. The quantitative estimate of drug-likeness (QED) is 0.157. The van der Waals surface area contributed by atoms with E-state index in [1.807, 2.05) is 0 Å². The van der Waals surface area contributed by atoms with Crippen molar-refractivity contribution in [3.8, 4) is 22.4 Å². The van der Waals surface area contributed by atoms with Crippen LogP contribution in [-0.2, 0) is 22.2 Å². The van der Waals surface area contributed by atoms with Crippen LogP contribution in [0.15, 0.2) is 54.9 Å². The number of aliphatic hydroxyl groups excluding tert-OH is 1. The van der Waals surface area contributed by atoms with E-state index < -0.39 is 54.9 Å². The minimum absolute atomic E-state index is 0.0839. The van der Waals surface area contributed by atoms with Gasteiger partial charge in [0.15, 0.2) is 0 Å². The van der Waals surface area contributed by atoms with E-state index in [1.54, 1.807) is 0 Å². The van der Waals surface area contributed by atoms with Gasteiger partial charge in [-0.1, -0.05) is 29.8 Å². The first kappa shape index (κ1) is 31.0. The van der Waals surface area contributed by atoms with Gasteiger partial charge in [0.1, 0.15) is 17.6 Å². The van der Waals surface area contributed by atoms with Crippen molar-refractivity contribution in [2.45, 2.75) is 31.3 Å². The third kappa shape index (κ3) is 7.04. The Morgan fingerprint density at radius 2 is 2.00 bits per heavy atom.